The van der Waals surface area contributed by atoms with Gasteiger partial charge in [0.05, 0.1) is 7.11 Å². The molecule has 0 bridgehead atoms. The number of amides is 1. The minimum Gasteiger partial charge on any atom is -0.493 e. The molecular weight excluding hydrogens is 378 g/mol. The molecule has 1 amide bonds. The fourth-order valence-electron chi connectivity index (χ4n) is 3.59. The second kappa shape index (κ2) is 8.91. The number of fused-ring (bicyclic) bond motifs is 2. The van der Waals surface area contributed by atoms with E-state index < -0.39 is 0 Å². The van der Waals surface area contributed by atoms with Gasteiger partial charge in [-0.15, -0.1) is 0 Å². The first-order valence-corrected chi connectivity index (χ1v) is 10.0. The molecule has 4 rings (SSSR count). The lowest BCUT2D eigenvalue weighted by molar-refractivity contribution is -0.124. The monoisotopic (exact) mass is 403 g/mol. The van der Waals surface area contributed by atoms with E-state index in [2.05, 4.69) is 30.3 Å². The molecule has 0 fully saturated rings. The summed E-state index contributed by atoms with van der Waals surface area (Å²) in [6.45, 7) is 1.64. The molecule has 0 aromatic heterocycles. The fraction of sp³-hybridized carbons (Fsp3) is 0.240. The molecule has 0 radical (unpaired) electrons. The van der Waals surface area contributed by atoms with Crippen LogP contribution in [0.25, 0.3) is 16.8 Å². The zero-order valence-electron chi connectivity index (χ0n) is 17.3. The van der Waals surface area contributed by atoms with Crippen molar-refractivity contribution < 1.29 is 19.0 Å². The average molecular weight is 403 g/mol. The number of hydrogen-bond acceptors (Lipinski definition) is 4. The Morgan fingerprint density at radius 3 is 2.77 bits per heavy atom. The number of rotatable bonds is 6. The molecule has 5 nitrogen and oxygen atoms in total. The minimum atomic E-state index is -0.0518. The Kier molecular flexibility index (Phi) is 5.89. The number of likely N-dealkylation sites (N-methyl/N-ethyl adjacent to an activating group) is 1. The van der Waals surface area contributed by atoms with Crippen molar-refractivity contribution in [2.75, 3.05) is 33.9 Å². The Bertz CT molecular complexity index is 1070. The van der Waals surface area contributed by atoms with E-state index in [1.165, 1.54) is 16.3 Å². The molecule has 154 valence electrons. The van der Waals surface area contributed by atoms with Gasteiger partial charge in [0.2, 0.25) is 11.7 Å². The van der Waals surface area contributed by atoms with E-state index in [1.54, 1.807) is 24.2 Å². The molecule has 0 unspecified atom stereocenters. The Morgan fingerprint density at radius 2 is 1.90 bits per heavy atom. The maximum Gasteiger partial charge on any atom is 0.246 e. The van der Waals surface area contributed by atoms with Crippen LogP contribution >= 0.6 is 0 Å². The molecule has 0 saturated heterocycles. The Balaban J connectivity index is 1.43. The highest BCUT2D eigenvalue weighted by Crippen LogP contribution is 2.40. The van der Waals surface area contributed by atoms with Gasteiger partial charge >= 0.3 is 0 Å². The first-order chi connectivity index (χ1) is 14.7. The number of carbonyl (C=O) groups excluding carboxylic acids is 1. The van der Waals surface area contributed by atoms with Crippen LogP contribution < -0.4 is 14.2 Å². The molecular formula is C25H25NO4. The highest BCUT2D eigenvalue weighted by atomic mass is 16.6. The number of nitrogens with zero attached hydrogens (tertiary/aromatic N) is 1. The van der Waals surface area contributed by atoms with Crippen molar-refractivity contribution in [2.24, 2.45) is 0 Å². The van der Waals surface area contributed by atoms with Crippen molar-refractivity contribution >= 4 is 22.8 Å². The predicted molar refractivity (Wildman–Crippen MR) is 118 cm³/mol. The summed E-state index contributed by atoms with van der Waals surface area (Å²) >= 11 is 0. The molecule has 1 aliphatic rings. The quantitative estimate of drug-likeness (QED) is 0.575. The summed E-state index contributed by atoms with van der Waals surface area (Å²) in [4.78, 5) is 14.3. The molecule has 0 aliphatic carbocycles. The molecule has 5 heteroatoms. The largest absolute Gasteiger partial charge is 0.493 e. The van der Waals surface area contributed by atoms with Crippen LogP contribution in [0.3, 0.4) is 0 Å². The zero-order chi connectivity index (χ0) is 20.9. The number of hydrogen-bond donors (Lipinski definition) is 0. The van der Waals surface area contributed by atoms with E-state index in [9.17, 15) is 4.79 Å². The Hall–Kier alpha value is -3.47. The minimum absolute atomic E-state index is 0.0518. The summed E-state index contributed by atoms with van der Waals surface area (Å²) in [7, 11) is 3.41. The topological polar surface area (TPSA) is 48.0 Å². The van der Waals surface area contributed by atoms with Gasteiger partial charge in [-0.2, -0.15) is 0 Å². The summed E-state index contributed by atoms with van der Waals surface area (Å²) in [6.07, 6.45) is 4.15. The normalized spacial score (nSPS) is 12.9. The van der Waals surface area contributed by atoms with Gasteiger partial charge in [-0.1, -0.05) is 42.5 Å². The highest BCUT2D eigenvalue weighted by Gasteiger charge is 2.18. The standard InChI is InChI=1S/C25H25NO4/c1-26(13-12-20-8-5-7-19-6-3-4-9-21(19)20)24(27)11-10-18-16-22(28-2)25-23(17-18)29-14-15-30-25/h3-11,16-17H,12-15H2,1-2H3/b11-10+. The number of carbonyl (C=O) groups is 1. The molecule has 0 atom stereocenters. The highest BCUT2D eigenvalue weighted by molar-refractivity contribution is 5.92. The van der Waals surface area contributed by atoms with Gasteiger partial charge in [-0.05, 0) is 46.5 Å². The third-order valence-corrected chi connectivity index (χ3v) is 5.24. The molecule has 1 heterocycles. The van der Waals surface area contributed by atoms with E-state index in [0.29, 0.717) is 37.0 Å². The number of methoxy groups -OCH3 is 1. The third kappa shape index (κ3) is 4.25. The van der Waals surface area contributed by atoms with E-state index in [0.717, 1.165) is 12.0 Å². The second-order valence-electron chi connectivity index (χ2n) is 7.23. The van der Waals surface area contributed by atoms with E-state index in [-0.39, 0.29) is 5.91 Å². The van der Waals surface area contributed by atoms with Crippen molar-refractivity contribution in [3.8, 4) is 17.2 Å². The van der Waals surface area contributed by atoms with Gasteiger partial charge in [-0.3, -0.25) is 4.79 Å². The van der Waals surface area contributed by atoms with Gasteiger partial charge in [0.1, 0.15) is 13.2 Å². The number of ether oxygens (including phenoxy) is 3. The van der Waals surface area contributed by atoms with E-state index >= 15 is 0 Å². The van der Waals surface area contributed by atoms with Crippen molar-refractivity contribution in [2.45, 2.75) is 6.42 Å². The average Bonchev–Trinajstić information content (AvgIpc) is 2.80. The van der Waals surface area contributed by atoms with Crippen LogP contribution in [-0.4, -0.2) is 44.7 Å². The smallest absolute Gasteiger partial charge is 0.246 e. The van der Waals surface area contributed by atoms with E-state index in [1.807, 2.05) is 31.3 Å². The van der Waals surface area contributed by atoms with Crippen molar-refractivity contribution in [3.05, 3.63) is 71.8 Å². The van der Waals surface area contributed by atoms with Crippen LogP contribution in [0.15, 0.2) is 60.7 Å². The number of benzene rings is 3. The van der Waals surface area contributed by atoms with E-state index in [4.69, 9.17) is 14.2 Å². The maximum absolute atomic E-state index is 12.6. The molecule has 3 aromatic rings. The second-order valence-corrected chi connectivity index (χ2v) is 7.23. The Morgan fingerprint density at radius 1 is 1.10 bits per heavy atom. The molecule has 0 N–H and O–H groups in total. The molecule has 0 saturated carbocycles. The van der Waals surface area contributed by atoms with Crippen LogP contribution in [0.5, 0.6) is 17.2 Å². The fourth-order valence-corrected chi connectivity index (χ4v) is 3.59. The summed E-state index contributed by atoms with van der Waals surface area (Å²) in [5.74, 6) is 1.80. The van der Waals surface area contributed by atoms with Crippen LogP contribution in [-0.2, 0) is 11.2 Å². The van der Waals surface area contributed by atoms with Crippen LogP contribution in [0.4, 0.5) is 0 Å². The summed E-state index contributed by atoms with van der Waals surface area (Å²) in [6, 6.07) is 18.3. The van der Waals surface area contributed by atoms with Crippen molar-refractivity contribution in [3.63, 3.8) is 0 Å². The first kappa shape index (κ1) is 19.8. The lowest BCUT2D eigenvalue weighted by atomic mass is 10.0. The summed E-state index contributed by atoms with van der Waals surface area (Å²) < 4.78 is 16.7. The lowest BCUT2D eigenvalue weighted by Crippen LogP contribution is -2.27. The maximum atomic E-state index is 12.6. The lowest BCUT2D eigenvalue weighted by Gasteiger charge is -2.21. The predicted octanol–water partition coefficient (Wildman–Crippen LogP) is 4.33. The summed E-state index contributed by atoms with van der Waals surface area (Å²) in [5.41, 5.74) is 2.07. The first-order valence-electron chi connectivity index (χ1n) is 10.0. The zero-order valence-corrected chi connectivity index (χ0v) is 17.3. The Labute approximate surface area is 176 Å². The molecule has 3 aromatic carbocycles. The molecule has 30 heavy (non-hydrogen) atoms. The van der Waals surface area contributed by atoms with Gasteiger partial charge < -0.3 is 19.1 Å². The van der Waals surface area contributed by atoms with Gasteiger partial charge in [0, 0.05) is 19.7 Å². The van der Waals surface area contributed by atoms with Gasteiger partial charge in [0.15, 0.2) is 11.5 Å². The third-order valence-electron chi connectivity index (χ3n) is 5.24. The molecule has 1 aliphatic heterocycles. The molecule has 0 spiro atoms. The SMILES string of the molecule is COc1cc(/C=C/C(=O)N(C)CCc2cccc3ccccc23)cc2c1OCCO2. The van der Waals surface area contributed by atoms with Crippen molar-refractivity contribution in [1.82, 2.24) is 4.90 Å². The van der Waals surface area contributed by atoms with Gasteiger partial charge in [0.25, 0.3) is 0 Å². The van der Waals surface area contributed by atoms with Crippen molar-refractivity contribution in [1.29, 1.82) is 0 Å². The summed E-state index contributed by atoms with van der Waals surface area (Å²) in [5, 5.41) is 2.45. The van der Waals surface area contributed by atoms with Crippen LogP contribution in [0, 0.1) is 0 Å². The van der Waals surface area contributed by atoms with Crippen LogP contribution in [0.1, 0.15) is 11.1 Å². The van der Waals surface area contributed by atoms with Crippen LogP contribution in [0.2, 0.25) is 0 Å². The van der Waals surface area contributed by atoms with Gasteiger partial charge in [-0.25, -0.2) is 0 Å².